The van der Waals surface area contributed by atoms with Crippen LogP contribution in [0.2, 0.25) is 0 Å². The molecule has 1 atom stereocenters. The molecular weight excluding hydrogens is 220 g/mol. The maximum absolute atomic E-state index is 12.4. The lowest BCUT2D eigenvalue weighted by Gasteiger charge is -2.43. The predicted octanol–water partition coefficient (Wildman–Crippen LogP) is 0.150. The molecule has 0 radical (unpaired) electrons. The van der Waals surface area contributed by atoms with E-state index < -0.39 is 5.54 Å². The standard InChI is InChI=1S/C12H20N2O3/c1-12(2)11(16)13-5-6-14(12)10(15)9-4-3-7-17-8-9/h9H,3-8H2,1-2H3,(H,13,16). The molecule has 0 aliphatic carbocycles. The van der Waals surface area contributed by atoms with Crippen molar-refractivity contribution in [3.8, 4) is 0 Å². The van der Waals surface area contributed by atoms with Crippen LogP contribution in [0, 0.1) is 5.92 Å². The summed E-state index contributed by atoms with van der Waals surface area (Å²) in [6.07, 6.45) is 1.80. The number of ether oxygens (including phenoxy) is 1. The summed E-state index contributed by atoms with van der Waals surface area (Å²) in [5.41, 5.74) is -0.743. The third-order valence-electron chi connectivity index (χ3n) is 3.63. The van der Waals surface area contributed by atoms with Crippen molar-refractivity contribution < 1.29 is 14.3 Å². The summed E-state index contributed by atoms with van der Waals surface area (Å²) in [5, 5.41) is 2.80. The van der Waals surface area contributed by atoms with E-state index in [2.05, 4.69) is 5.32 Å². The Labute approximate surface area is 101 Å². The van der Waals surface area contributed by atoms with Crippen LogP contribution in [0.4, 0.5) is 0 Å². The van der Waals surface area contributed by atoms with Crippen molar-refractivity contribution in [2.75, 3.05) is 26.3 Å². The normalized spacial score (nSPS) is 28.7. The Balaban J connectivity index is 2.09. The van der Waals surface area contributed by atoms with Crippen LogP contribution in [-0.4, -0.2) is 48.6 Å². The van der Waals surface area contributed by atoms with Gasteiger partial charge in [-0.25, -0.2) is 0 Å². The number of rotatable bonds is 1. The van der Waals surface area contributed by atoms with E-state index in [1.54, 1.807) is 18.7 Å². The first-order valence-electron chi connectivity index (χ1n) is 6.21. The van der Waals surface area contributed by atoms with E-state index in [9.17, 15) is 9.59 Å². The second kappa shape index (κ2) is 4.64. The zero-order chi connectivity index (χ0) is 12.5. The van der Waals surface area contributed by atoms with E-state index in [0.29, 0.717) is 19.7 Å². The lowest BCUT2D eigenvalue weighted by Crippen LogP contribution is -2.64. The average Bonchev–Trinajstić information content (AvgIpc) is 2.33. The molecule has 0 aromatic rings. The highest BCUT2D eigenvalue weighted by atomic mass is 16.5. The molecule has 2 aliphatic rings. The van der Waals surface area contributed by atoms with Gasteiger partial charge in [0.25, 0.3) is 0 Å². The van der Waals surface area contributed by atoms with Gasteiger partial charge >= 0.3 is 0 Å². The molecule has 5 heteroatoms. The van der Waals surface area contributed by atoms with E-state index in [-0.39, 0.29) is 17.7 Å². The molecule has 1 unspecified atom stereocenters. The van der Waals surface area contributed by atoms with E-state index in [1.807, 2.05) is 0 Å². The maximum Gasteiger partial charge on any atom is 0.245 e. The summed E-state index contributed by atoms with van der Waals surface area (Å²) in [6.45, 7) is 5.96. The topological polar surface area (TPSA) is 58.6 Å². The van der Waals surface area contributed by atoms with E-state index in [4.69, 9.17) is 4.74 Å². The van der Waals surface area contributed by atoms with Crippen LogP contribution in [0.3, 0.4) is 0 Å². The molecular formula is C12H20N2O3. The lowest BCUT2D eigenvalue weighted by atomic mass is 9.94. The van der Waals surface area contributed by atoms with Gasteiger partial charge in [-0.3, -0.25) is 9.59 Å². The van der Waals surface area contributed by atoms with Gasteiger partial charge in [0.2, 0.25) is 11.8 Å². The summed E-state index contributed by atoms with van der Waals surface area (Å²) in [6, 6.07) is 0. The molecule has 0 aromatic carbocycles. The Kier molecular flexibility index (Phi) is 3.38. The van der Waals surface area contributed by atoms with Crippen LogP contribution in [0.5, 0.6) is 0 Å². The molecule has 2 rings (SSSR count). The van der Waals surface area contributed by atoms with Crippen LogP contribution < -0.4 is 5.32 Å². The number of nitrogens with zero attached hydrogens (tertiary/aromatic N) is 1. The Bertz CT molecular complexity index is 322. The number of amides is 2. The zero-order valence-corrected chi connectivity index (χ0v) is 10.5. The first kappa shape index (κ1) is 12.4. The van der Waals surface area contributed by atoms with Gasteiger partial charge in [-0.1, -0.05) is 0 Å². The molecule has 5 nitrogen and oxygen atoms in total. The van der Waals surface area contributed by atoms with Crippen LogP contribution >= 0.6 is 0 Å². The summed E-state index contributed by atoms with van der Waals surface area (Å²) in [4.78, 5) is 25.9. The Morgan fingerprint density at radius 2 is 2.29 bits per heavy atom. The zero-order valence-electron chi connectivity index (χ0n) is 10.5. The van der Waals surface area contributed by atoms with Gasteiger partial charge in [-0.05, 0) is 26.7 Å². The molecule has 2 fully saturated rings. The highest BCUT2D eigenvalue weighted by molar-refractivity contribution is 5.92. The second-order valence-corrected chi connectivity index (χ2v) is 5.22. The van der Waals surface area contributed by atoms with Crippen molar-refractivity contribution in [3.05, 3.63) is 0 Å². The van der Waals surface area contributed by atoms with Crippen LogP contribution in [0.15, 0.2) is 0 Å². The fourth-order valence-electron chi connectivity index (χ4n) is 2.44. The highest BCUT2D eigenvalue weighted by Gasteiger charge is 2.42. The van der Waals surface area contributed by atoms with Crippen molar-refractivity contribution in [2.24, 2.45) is 5.92 Å². The molecule has 1 N–H and O–H groups in total. The molecule has 0 aromatic heterocycles. The third kappa shape index (κ3) is 2.29. The minimum Gasteiger partial charge on any atom is -0.381 e. The number of nitrogens with one attached hydrogen (secondary N) is 1. The number of carbonyl (C=O) groups is 2. The van der Waals surface area contributed by atoms with Crippen molar-refractivity contribution in [1.82, 2.24) is 10.2 Å². The van der Waals surface area contributed by atoms with E-state index in [1.165, 1.54) is 0 Å². The van der Waals surface area contributed by atoms with E-state index >= 15 is 0 Å². The van der Waals surface area contributed by atoms with Gasteiger partial charge in [-0.15, -0.1) is 0 Å². The van der Waals surface area contributed by atoms with Gasteiger partial charge in [0.05, 0.1) is 12.5 Å². The Morgan fingerprint density at radius 3 is 2.94 bits per heavy atom. The fraction of sp³-hybridized carbons (Fsp3) is 0.833. The summed E-state index contributed by atoms with van der Waals surface area (Å²) >= 11 is 0. The number of hydrogen-bond donors (Lipinski definition) is 1. The van der Waals surface area contributed by atoms with Crippen molar-refractivity contribution >= 4 is 11.8 Å². The largest absolute Gasteiger partial charge is 0.381 e. The predicted molar refractivity (Wildman–Crippen MR) is 62.3 cm³/mol. The van der Waals surface area contributed by atoms with Crippen LogP contribution in [-0.2, 0) is 14.3 Å². The molecule has 0 saturated carbocycles. The number of piperazine rings is 1. The molecule has 96 valence electrons. The molecule has 2 aliphatic heterocycles. The minimum absolute atomic E-state index is 0.0598. The minimum atomic E-state index is -0.743. The molecule has 17 heavy (non-hydrogen) atoms. The molecule has 0 spiro atoms. The number of hydrogen-bond acceptors (Lipinski definition) is 3. The van der Waals surface area contributed by atoms with Crippen molar-refractivity contribution in [1.29, 1.82) is 0 Å². The van der Waals surface area contributed by atoms with Crippen LogP contribution in [0.1, 0.15) is 26.7 Å². The third-order valence-corrected chi connectivity index (χ3v) is 3.63. The first-order valence-corrected chi connectivity index (χ1v) is 6.21. The summed E-state index contributed by atoms with van der Waals surface area (Å²) in [7, 11) is 0. The summed E-state index contributed by atoms with van der Waals surface area (Å²) < 4.78 is 5.34. The Hall–Kier alpha value is -1.10. The SMILES string of the molecule is CC1(C)C(=O)NCCN1C(=O)C1CCCOC1. The number of carbonyl (C=O) groups excluding carboxylic acids is 2. The van der Waals surface area contributed by atoms with Gasteiger partial charge in [0, 0.05) is 19.7 Å². The smallest absolute Gasteiger partial charge is 0.245 e. The maximum atomic E-state index is 12.4. The fourth-order valence-corrected chi connectivity index (χ4v) is 2.44. The lowest BCUT2D eigenvalue weighted by molar-refractivity contribution is -0.154. The van der Waals surface area contributed by atoms with Gasteiger partial charge < -0.3 is 15.0 Å². The quantitative estimate of drug-likeness (QED) is 0.710. The Morgan fingerprint density at radius 1 is 1.53 bits per heavy atom. The van der Waals surface area contributed by atoms with Crippen LogP contribution in [0.25, 0.3) is 0 Å². The molecule has 2 heterocycles. The average molecular weight is 240 g/mol. The van der Waals surface area contributed by atoms with Crippen molar-refractivity contribution in [2.45, 2.75) is 32.2 Å². The monoisotopic (exact) mass is 240 g/mol. The van der Waals surface area contributed by atoms with Crippen molar-refractivity contribution in [3.63, 3.8) is 0 Å². The van der Waals surface area contributed by atoms with Gasteiger partial charge in [0.15, 0.2) is 0 Å². The first-order chi connectivity index (χ1) is 8.03. The van der Waals surface area contributed by atoms with E-state index in [0.717, 1.165) is 19.4 Å². The highest BCUT2D eigenvalue weighted by Crippen LogP contribution is 2.24. The molecule has 2 amide bonds. The second-order valence-electron chi connectivity index (χ2n) is 5.22. The van der Waals surface area contributed by atoms with Gasteiger partial charge in [0.1, 0.15) is 5.54 Å². The molecule has 2 saturated heterocycles. The summed E-state index contributed by atoms with van der Waals surface area (Å²) in [5.74, 6) is -0.0905. The van der Waals surface area contributed by atoms with Gasteiger partial charge in [-0.2, -0.15) is 0 Å². The molecule has 0 bridgehead atoms.